The fourth-order valence-electron chi connectivity index (χ4n) is 0.669. The van der Waals surface area contributed by atoms with Crippen molar-refractivity contribution in [3.8, 4) is 5.88 Å². The molecule has 1 aromatic heterocycles. The van der Waals surface area contributed by atoms with E-state index >= 15 is 0 Å². The van der Waals surface area contributed by atoms with Crippen LogP contribution in [0.4, 0.5) is 13.2 Å². The lowest BCUT2D eigenvalue weighted by atomic mass is 10.3. The summed E-state index contributed by atoms with van der Waals surface area (Å²) in [5.41, 5.74) is -0.775. The summed E-state index contributed by atoms with van der Waals surface area (Å²) in [5, 5.41) is 0. The molecule has 0 radical (unpaired) electrons. The molecule has 0 amide bonds. The number of rotatable bonds is 1. The molecule has 0 N–H and O–H groups in total. The minimum absolute atomic E-state index is 0.169. The molecule has 0 fully saturated rings. The Morgan fingerprint density at radius 1 is 1.21 bits per heavy atom. The summed E-state index contributed by atoms with van der Waals surface area (Å²) in [7, 11) is 1.34. The lowest BCUT2D eigenvalue weighted by Crippen LogP contribution is -2.05. The van der Waals surface area contributed by atoms with Gasteiger partial charge in [0.1, 0.15) is 0 Å². The van der Waals surface area contributed by atoms with Crippen LogP contribution >= 0.6 is 0 Å². The van der Waals surface area contributed by atoms with Gasteiger partial charge in [-0.1, -0.05) is 13.8 Å². The first-order valence-electron chi connectivity index (χ1n) is 4.11. The molecule has 5 heteroatoms. The monoisotopic (exact) mass is 207 g/mol. The maximum atomic E-state index is 11.9. The second-order valence-electron chi connectivity index (χ2n) is 2.09. The van der Waals surface area contributed by atoms with Gasteiger partial charge in [-0.25, -0.2) is 4.98 Å². The molecule has 0 bridgehead atoms. The van der Waals surface area contributed by atoms with Crippen molar-refractivity contribution in [2.24, 2.45) is 0 Å². The second-order valence-corrected chi connectivity index (χ2v) is 2.09. The fraction of sp³-hybridized carbons (Fsp3) is 0.444. The zero-order chi connectivity index (χ0) is 11.2. The molecule has 1 rings (SSSR count). The van der Waals surface area contributed by atoms with Gasteiger partial charge in [0.15, 0.2) is 0 Å². The normalized spacial score (nSPS) is 10.1. The zero-order valence-corrected chi connectivity index (χ0v) is 8.22. The predicted octanol–water partition coefficient (Wildman–Crippen LogP) is 3.14. The Hall–Kier alpha value is -1.26. The SMILES string of the molecule is CC.COc1ccc(C(F)(F)F)cn1. The molecule has 0 aliphatic rings. The molecule has 14 heavy (non-hydrogen) atoms. The average Bonchev–Trinajstić information content (AvgIpc) is 2.20. The molecule has 0 spiro atoms. The van der Waals surface area contributed by atoms with Crippen molar-refractivity contribution in [1.82, 2.24) is 4.98 Å². The summed E-state index contributed by atoms with van der Waals surface area (Å²) in [5.74, 6) is 0.169. The highest BCUT2D eigenvalue weighted by Gasteiger charge is 2.30. The minimum Gasteiger partial charge on any atom is -0.481 e. The van der Waals surface area contributed by atoms with E-state index in [1.807, 2.05) is 13.8 Å². The van der Waals surface area contributed by atoms with E-state index < -0.39 is 11.7 Å². The van der Waals surface area contributed by atoms with Crippen molar-refractivity contribution in [2.45, 2.75) is 20.0 Å². The molecule has 1 aromatic rings. The molecule has 0 unspecified atom stereocenters. The first-order chi connectivity index (χ1) is 6.54. The molecule has 0 saturated carbocycles. The zero-order valence-electron chi connectivity index (χ0n) is 8.22. The molecule has 80 valence electrons. The predicted molar refractivity (Wildman–Crippen MR) is 47.1 cm³/mol. The Morgan fingerprint density at radius 3 is 2.07 bits per heavy atom. The molecule has 0 atom stereocenters. The van der Waals surface area contributed by atoms with Gasteiger partial charge in [-0.2, -0.15) is 13.2 Å². The Morgan fingerprint density at radius 2 is 1.79 bits per heavy atom. The number of hydrogen-bond acceptors (Lipinski definition) is 2. The molecule has 0 aliphatic heterocycles. The number of aromatic nitrogens is 1. The van der Waals surface area contributed by atoms with Crippen LogP contribution < -0.4 is 4.74 Å². The maximum Gasteiger partial charge on any atom is 0.417 e. The van der Waals surface area contributed by atoms with Crippen LogP contribution in [0.5, 0.6) is 5.88 Å². The van der Waals surface area contributed by atoms with Crippen molar-refractivity contribution in [3.05, 3.63) is 23.9 Å². The largest absolute Gasteiger partial charge is 0.481 e. The summed E-state index contributed by atoms with van der Waals surface area (Å²) in [4.78, 5) is 3.42. The number of ether oxygens (including phenoxy) is 1. The van der Waals surface area contributed by atoms with Gasteiger partial charge in [0.2, 0.25) is 5.88 Å². The molecule has 0 aromatic carbocycles. The molecule has 2 nitrogen and oxygen atoms in total. The van der Waals surface area contributed by atoms with E-state index in [4.69, 9.17) is 0 Å². The van der Waals surface area contributed by atoms with Gasteiger partial charge in [0.25, 0.3) is 0 Å². The van der Waals surface area contributed by atoms with Crippen molar-refractivity contribution >= 4 is 0 Å². The van der Waals surface area contributed by atoms with E-state index in [2.05, 4.69) is 9.72 Å². The van der Waals surface area contributed by atoms with Gasteiger partial charge in [0, 0.05) is 12.3 Å². The van der Waals surface area contributed by atoms with Crippen LogP contribution in [0.25, 0.3) is 0 Å². The number of alkyl halides is 3. The van der Waals surface area contributed by atoms with Gasteiger partial charge < -0.3 is 4.74 Å². The Balaban J connectivity index is 0.000000791. The van der Waals surface area contributed by atoms with Crippen LogP contribution in [0.15, 0.2) is 18.3 Å². The van der Waals surface area contributed by atoms with Crippen molar-refractivity contribution in [1.29, 1.82) is 0 Å². The third kappa shape index (κ3) is 3.64. The summed E-state index contributed by atoms with van der Waals surface area (Å²) < 4.78 is 40.4. The van der Waals surface area contributed by atoms with Crippen molar-refractivity contribution in [3.63, 3.8) is 0 Å². The van der Waals surface area contributed by atoms with E-state index in [0.29, 0.717) is 0 Å². The quantitative estimate of drug-likeness (QED) is 0.705. The maximum absolute atomic E-state index is 11.9. The standard InChI is InChI=1S/C7H6F3NO.C2H6/c1-12-6-3-2-5(4-11-6)7(8,9)10;1-2/h2-4H,1H3;1-2H3. The van der Waals surface area contributed by atoms with Gasteiger partial charge in [0.05, 0.1) is 12.7 Å². The summed E-state index contributed by atoms with van der Waals surface area (Å²) >= 11 is 0. The lowest BCUT2D eigenvalue weighted by Gasteiger charge is -2.05. The second kappa shape index (κ2) is 5.47. The lowest BCUT2D eigenvalue weighted by molar-refractivity contribution is -0.137. The van der Waals surface area contributed by atoms with Crippen molar-refractivity contribution in [2.75, 3.05) is 7.11 Å². The number of halogens is 3. The number of hydrogen-bond donors (Lipinski definition) is 0. The third-order valence-corrected chi connectivity index (χ3v) is 1.27. The van der Waals surface area contributed by atoms with E-state index in [0.717, 1.165) is 12.3 Å². The summed E-state index contributed by atoms with van der Waals surface area (Å²) in [6.45, 7) is 4.00. The molecule has 1 heterocycles. The van der Waals surface area contributed by atoms with Crippen LogP contribution in [0.2, 0.25) is 0 Å². The van der Waals surface area contributed by atoms with E-state index in [-0.39, 0.29) is 5.88 Å². The van der Waals surface area contributed by atoms with E-state index in [9.17, 15) is 13.2 Å². The summed E-state index contributed by atoms with van der Waals surface area (Å²) in [6.07, 6.45) is -3.60. The Labute approximate surface area is 80.7 Å². The van der Waals surface area contributed by atoms with Crippen LogP contribution in [0, 0.1) is 0 Å². The summed E-state index contributed by atoms with van der Waals surface area (Å²) in [6, 6.07) is 2.09. The average molecular weight is 207 g/mol. The van der Waals surface area contributed by atoms with Crippen LogP contribution in [0.3, 0.4) is 0 Å². The number of nitrogens with zero attached hydrogens (tertiary/aromatic N) is 1. The van der Waals surface area contributed by atoms with Crippen molar-refractivity contribution < 1.29 is 17.9 Å². The third-order valence-electron chi connectivity index (χ3n) is 1.27. The minimum atomic E-state index is -4.33. The number of pyridine rings is 1. The van der Waals surface area contributed by atoms with Crippen LogP contribution in [0.1, 0.15) is 19.4 Å². The van der Waals surface area contributed by atoms with E-state index in [1.54, 1.807) is 0 Å². The van der Waals surface area contributed by atoms with Crippen LogP contribution in [-0.2, 0) is 6.18 Å². The highest BCUT2D eigenvalue weighted by molar-refractivity contribution is 5.19. The molecular formula is C9H12F3NO. The fourth-order valence-corrected chi connectivity index (χ4v) is 0.669. The van der Waals surface area contributed by atoms with Gasteiger partial charge >= 0.3 is 6.18 Å². The van der Waals surface area contributed by atoms with Gasteiger partial charge in [-0.3, -0.25) is 0 Å². The van der Waals surface area contributed by atoms with Crippen LogP contribution in [-0.4, -0.2) is 12.1 Å². The first kappa shape index (κ1) is 12.7. The molecule has 0 saturated heterocycles. The molecular weight excluding hydrogens is 195 g/mol. The first-order valence-corrected chi connectivity index (χ1v) is 4.11. The topological polar surface area (TPSA) is 22.1 Å². The van der Waals surface area contributed by atoms with Gasteiger partial charge in [-0.05, 0) is 6.07 Å². The molecule has 0 aliphatic carbocycles. The Bertz CT molecular complexity index is 256. The highest BCUT2D eigenvalue weighted by atomic mass is 19.4. The Kier molecular flexibility index (Phi) is 4.97. The van der Waals surface area contributed by atoms with Gasteiger partial charge in [-0.15, -0.1) is 0 Å². The number of methoxy groups -OCH3 is 1. The van der Waals surface area contributed by atoms with E-state index in [1.165, 1.54) is 13.2 Å². The smallest absolute Gasteiger partial charge is 0.417 e. The highest BCUT2D eigenvalue weighted by Crippen LogP contribution is 2.28.